The predicted molar refractivity (Wildman–Crippen MR) is 95.5 cm³/mol. The molecule has 0 radical (unpaired) electrons. The second kappa shape index (κ2) is 8.25. The van der Waals surface area contributed by atoms with Crippen LogP contribution >= 0.6 is 11.6 Å². The number of anilines is 2. The number of urea groups is 1. The van der Waals surface area contributed by atoms with Crippen molar-refractivity contribution in [2.45, 2.75) is 13.8 Å². The van der Waals surface area contributed by atoms with Crippen molar-refractivity contribution in [1.82, 2.24) is 0 Å². The molecule has 0 saturated heterocycles. The number of carbonyl (C=O) groups is 1. The maximum Gasteiger partial charge on any atom is 0.323 e. The van der Waals surface area contributed by atoms with Gasteiger partial charge in [0, 0.05) is 22.5 Å². The maximum atomic E-state index is 12.0. The number of hydrogen-bond acceptors (Lipinski definition) is 2. The first-order valence-corrected chi connectivity index (χ1v) is 7.60. The number of carbonyl (C=O) groups excluding carboxylic acids is 1. The summed E-state index contributed by atoms with van der Waals surface area (Å²) in [6.45, 7) is 4.54. The molecule has 0 heterocycles. The number of nitrogens with one attached hydrogen (secondary N) is 2. The molecule has 0 aliphatic carbocycles. The van der Waals surface area contributed by atoms with Crippen molar-refractivity contribution >= 4 is 29.0 Å². The average molecular weight is 331 g/mol. The standard InChI is InChI=1S/C18H19ClN2O2/c1-13(2)10-11-23-17-5-3-4-16(12-17)21-18(22)20-15-8-6-14(19)7-9-15/h3-10,12H,11H2,1-2H3,(H2,20,21,22). The quantitative estimate of drug-likeness (QED) is 0.728. The van der Waals surface area contributed by atoms with Gasteiger partial charge in [-0.2, -0.15) is 0 Å². The van der Waals surface area contributed by atoms with Gasteiger partial charge in [0.1, 0.15) is 12.4 Å². The van der Waals surface area contributed by atoms with Crippen LogP contribution in [-0.4, -0.2) is 12.6 Å². The van der Waals surface area contributed by atoms with Crippen LogP contribution in [0.15, 0.2) is 60.2 Å². The van der Waals surface area contributed by atoms with Crippen LogP contribution in [0.3, 0.4) is 0 Å². The Labute approximate surface area is 141 Å². The van der Waals surface area contributed by atoms with E-state index in [-0.39, 0.29) is 6.03 Å². The molecule has 0 aliphatic rings. The second-order valence-corrected chi connectivity index (χ2v) is 5.64. The topological polar surface area (TPSA) is 50.4 Å². The third-order valence-electron chi connectivity index (χ3n) is 2.94. The summed E-state index contributed by atoms with van der Waals surface area (Å²) in [7, 11) is 0. The molecular formula is C18H19ClN2O2. The Morgan fingerprint density at radius 3 is 2.48 bits per heavy atom. The zero-order valence-electron chi connectivity index (χ0n) is 13.1. The van der Waals surface area contributed by atoms with Crippen LogP contribution in [0.25, 0.3) is 0 Å². The largest absolute Gasteiger partial charge is 0.489 e. The Hall–Kier alpha value is -2.46. The van der Waals surface area contributed by atoms with Crippen molar-refractivity contribution in [3.63, 3.8) is 0 Å². The number of ether oxygens (including phenoxy) is 1. The molecule has 2 aromatic rings. The lowest BCUT2D eigenvalue weighted by atomic mass is 10.3. The van der Waals surface area contributed by atoms with Crippen LogP contribution in [0, 0.1) is 0 Å². The second-order valence-electron chi connectivity index (χ2n) is 5.21. The third kappa shape index (κ3) is 6.04. The van der Waals surface area contributed by atoms with Crippen LogP contribution in [0.5, 0.6) is 5.75 Å². The van der Waals surface area contributed by atoms with E-state index in [4.69, 9.17) is 16.3 Å². The summed E-state index contributed by atoms with van der Waals surface area (Å²) < 4.78 is 5.61. The Balaban J connectivity index is 1.92. The van der Waals surface area contributed by atoms with Gasteiger partial charge in [0.05, 0.1) is 0 Å². The normalized spacial score (nSPS) is 9.87. The van der Waals surface area contributed by atoms with Gasteiger partial charge in [-0.15, -0.1) is 0 Å². The number of benzene rings is 2. The lowest BCUT2D eigenvalue weighted by Crippen LogP contribution is -2.19. The summed E-state index contributed by atoms with van der Waals surface area (Å²) in [5.41, 5.74) is 2.52. The van der Waals surface area contributed by atoms with Gasteiger partial charge in [-0.3, -0.25) is 0 Å². The van der Waals surface area contributed by atoms with E-state index in [1.54, 1.807) is 36.4 Å². The van der Waals surface area contributed by atoms with E-state index in [2.05, 4.69) is 10.6 Å². The van der Waals surface area contributed by atoms with E-state index in [9.17, 15) is 4.79 Å². The zero-order valence-corrected chi connectivity index (χ0v) is 13.9. The first-order chi connectivity index (χ1) is 11.0. The molecule has 2 N–H and O–H groups in total. The van der Waals surface area contributed by atoms with Gasteiger partial charge >= 0.3 is 6.03 Å². The monoisotopic (exact) mass is 330 g/mol. The highest BCUT2D eigenvalue weighted by molar-refractivity contribution is 6.30. The lowest BCUT2D eigenvalue weighted by molar-refractivity contribution is 0.262. The molecule has 120 valence electrons. The van der Waals surface area contributed by atoms with E-state index in [1.165, 1.54) is 5.57 Å². The Morgan fingerprint density at radius 1 is 1.09 bits per heavy atom. The molecular weight excluding hydrogens is 312 g/mol. The fraction of sp³-hybridized carbons (Fsp3) is 0.167. The molecule has 2 aromatic carbocycles. The van der Waals surface area contributed by atoms with Crippen molar-refractivity contribution in [3.05, 3.63) is 65.2 Å². The first-order valence-electron chi connectivity index (χ1n) is 7.23. The maximum absolute atomic E-state index is 12.0. The van der Waals surface area contributed by atoms with E-state index in [0.717, 1.165) is 0 Å². The van der Waals surface area contributed by atoms with Gasteiger partial charge in [0.15, 0.2) is 0 Å². The highest BCUT2D eigenvalue weighted by Crippen LogP contribution is 2.18. The van der Waals surface area contributed by atoms with Crippen molar-refractivity contribution in [2.75, 3.05) is 17.2 Å². The van der Waals surface area contributed by atoms with E-state index >= 15 is 0 Å². The minimum atomic E-state index is -0.325. The molecule has 0 spiro atoms. The zero-order chi connectivity index (χ0) is 16.7. The highest BCUT2D eigenvalue weighted by atomic mass is 35.5. The van der Waals surface area contributed by atoms with Gasteiger partial charge in [-0.25, -0.2) is 4.79 Å². The van der Waals surface area contributed by atoms with Crippen LogP contribution in [0.1, 0.15) is 13.8 Å². The molecule has 0 fully saturated rings. The number of allylic oxidation sites excluding steroid dienone is 1. The molecule has 0 aromatic heterocycles. The SMILES string of the molecule is CC(C)=CCOc1cccc(NC(=O)Nc2ccc(Cl)cc2)c1. The van der Waals surface area contributed by atoms with Crippen LogP contribution in [0.4, 0.5) is 16.2 Å². The van der Waals surface area contributed by atoms with Crippen LogP contribution < -0.4 is 15.4 Å². The molecule has 4 nitrogen and oxygen atoms in total. The molecule has 23 heavy (non-hydrogen) atoms. The number of amides is 2. The van der Waals surface area contributed by atoms with Gasteiger partial charge in [-0.1, -0.05) is 23.2 Å². The summed E-state index contributed by atoms with van der Waals surface area (Å²) in [5.74, 6) is 0.701. The Bertz CT molecular complexity index is 692. The fourth-order valence-corrected chi connectivity index (χ4v) is 1.92. The van der Waals surface area contributed by atoms with Crippen LogP contribution in [0.2, 0.25) is 5.02 Å². The van der Waals surface area contributed by atoms with E-state index in [1.807, 2.05) is 32.1 Å². The number of hydrogen-bond donors (Lipinski definition) is 2. The predicted octanol–water partition coefficient (Wildman–Crippen LogP) is 5.33. The van der Waals surface area contributed by atoms with Gasteiger partial charge in [0.2, 0.25) is 0 Å². The summed E-state index contributed by atoms with van der Waals surface area (Å²) in [6, 6.07) is 13.8. The van der Waals surface area contributed by atoms with Crippen molar-refractivity contribution in [2.24, 2.45) is 0 Å². The molecule has 0 atom stereocenters. The van der Waals surface area contributed by atoms with Gasteiger partial charge in [-0.05, 0) is 56.3 Å². The summed E-state index contributed by atoms with van der Waals surface area (Å²) in [6.07, 6.45) is 1.99. The summed E-state index contributed by atoms with van der Waals surface area (Å²) >= 11 is 5.81. The lowest BCUT2D eigenvalue weighted by Gasteiger charge is -2.09. The van der Waals surface area contributed by atoms with Crippen LogP contribution in [-0.2, 0) is 0 Å². The molecule has 5 heteroatoms. The van der Waals surface area contributed by atoms with Crippen molar-refractivity contribution in [3.8, 4) is 5.75 Å². The average Bonchev–Trinajstić information content (AvgIpc) is 2.49. The van der Waals surface area contributed by atoms with E-state index < -0.39 is 0 Å². The highest BCUT2D eigenvalue weighted by Gasteiger charge is 2.03. The molecule has 0 aliphatic heterocycles. The molecule has 0 bridgehead atoms. The van der Waals surface area contributed by atoms with Gasteiger partial charge in [0.25, 0.3) is 0 Å². The smallest absolute Gasteiger partial charge is 0.323 e. The van der Waals surface area contributed by atoms with E-state index in [0.29, 0.717) is 28.8 Å². The third-order valence-corrected chi connectivity index (χ3v) is 3.19. The molecule has 0 saturated carbocycles. The Kier molecular flexibility index (Phi) is 6.06. The number of rotatable bonds is 5. The number of halogens is 1. The summed E-state index contributed by atoms with van der Waals surface area (Å²) in [5, 5.41) is 6.12. The molecule has 2 rings (SSSR count). The molecule has 0 unspecified atom stereocenters. The van der Waals surface area contributed by atoms with Crippen molar-refractivity contribution < 1.29 is 9.53 Å². The Morgan fingerprint density at radius 2 is 1.78 bits per heavy atom. The summed E-state index contributed by atoms with van der Waals surface area (Å²) in [4.78, 5) is 12.0. The fourth-order valence-electron chi connectivity index (χ4n) is 1.79. The minimum absolute atomic E-state index is 0.325. The van der Waals surface area contributed by atoms with Crippen molar-refractivity contribution in [1.29, 1.82) is 0 Å². The minimum Gasteiger partial charge on any atom is -0.489 e. The molecule has 2 amide bonds. The first kappa shape index (κ1) is 16.9. The van der Waals surface area contributed by atoms with Gasteiger partial charge < -0.3 is 15.4 Å².